The minimum atomic E-state index is 0.276. The van der Waals surface area contributed by atoms with Crippen LogP contribution in [0.15, 0.2) is 6.07 Å². The molecule has 1 aliphatic heterocycles. The van der Waals surface area contributed by atoms with Gasteiger partial charge in [-0.2, -0.15) is 4.98 Å². The van der Waals surface area contributed by atoms with E-state index in [9.17, 15) is 0 Å². The van der Waals surface area contributed by atoms with Crippen molar-refractivity contribution < 1.29 is 4.74 Å². The molecular formula is C13H22N4O. The Kier molecular flexibility index (Phi) is 4.01. The summed E-state index contributed by atoms with van der Waals surface area (Å²) in [4.78, 5) is 8.68. The number of nitrogens with zero attached hydrogens (tertiary/aromatic N) is 2. The Balaban J connectivity index is 1.98. The summed E-state index contributed by atoms with van der Waals surface area (Å²) in [5.41, 5.74) is 1.19. The van der Waals surface area contributed by atoms with Gasteiger partial charge in [0, 0.05) is 24.8 Å². The van der Waals surface area contributed by atoms with Crippen LogP contribution in [-0.4, -0.2) is 36.7 Å². The molecule has 0 aliphatic carbocycles. The topological polar surface area (TPSA) is 59.1 Å². The number of hydrogen-bond donors (Lipinski definition) is 2. The maximum absolute atomic E-state index is 5.15. The van der Waals surface area contributed by atoms with Crippen LogP contribution < -0.4 is 15.4 Å². The van der Waals surface area contributed by atoms with Crippen molar-refractivity contribution in [3.05, 3.63) is 11.8 Å². The number of methoxy groups -OCH3 is 1. The first-order valence-electron chi connectivity index (χ1n) is 6.46. The third kappa shape index (κ3) is 3.32. The zero-order chi connectivity index (χ0) is 13.0. The predicted octanol–water partition coefficient (Wildman–Crippen LogP) is 1.60. The van der Waals surface area contributed by atoms with Gasteiger partial charge in [0.05, 0.1) is 7.11 Å². The Labute approximate surface area is 108 Å². The molecule has 2 N–H and O–H groups in total. The largest absolute Gasteiger partial charge is 0.481 e. The van der Waals surface area contributed by atoms with Crippen LogP contribution in [0.1, 0.15) is 25.5 Å². The van der Waals surface area contributed by atoms with Crippen LogP contribution in [-0.2, 0) is 0 Å². The van der Waals surface area contributed by atoms with Gasteiger partial charge in [-0.25, -0.2) is 4.98 Å². The number of aryl methyl sites for hydroxylation is 1. The molecule has 1 aromatic heterocycles. The Hall–Kier alpha value is -1.36. The number of ether oxygens (including phenoxy) is 1. The second-order valence-corrected chi connectivity index (χ2v) is 5.32. The molecule has 0 aromatic carbocycles. The number of nitrogens with one attached hydrogen (secondary N) is 2. The number of piperidine rings is 1. The van der Waals surface area contributed by atoms with Crippen molar-refractivity contribution in [2.45, 2.75) is 26.7 Å². The second kappa shape index (κ2) is 5.52. The number of hydrogen-bond acceptors (Lipinski definition) is 5. The van der Waals surface area contributed by atoms with E-state index in [4.69, 9.17) is 4.74 Å². The van der Waals surface area contributed by atoms with Gasteiger partial charge in [0.2, 0.25) is 11.8 Å². The molecule has 1 fully saturated rings. The molecule has 1 atom stereocenters. The van der Waals surface area contributed by atoms with Gasteiger partial charge in [-0.1, -0.05) is 6.92 Å². The van der Waals surface area contributed by atoms with Crippen molar-refractivity contribution in [3.63, 3.8) is 0 Å². The van der Waals surface area contributed by atoms with Crippen molar-refractivity contribution in [2.75, 3.05) is 32.1 Å². The third-order valence-corrected chi connectivity index (χ3v) is 3.40. The van der Waals surface area contributed by atoms with Gasteiger partial charge in [0.15, 0.2) is 0 Å². The highest BCUT2D eigenvalue weighted by molar-refractivity contribution is 5.30. The van der Waals surface area contributed by atoms with Crippen LogP contribution in [0.3, 0.4) is 0 Å². The fraction of sp³-hybridized carbons (Fsp3) is 0.692. The number of rotatable bonds is 4. The summed E-state index contributed by atoms with van der Waals surface area (Å²) >= 11 is 0. The van der Waals surface area contributed by atoms with Crippen LogP contribution in [0.4, 0.5) is 5.95 Å². The smallest absolute Gasteiger partial charge is 0.226 e. The summed E-state index contributed by atoms with van der Waals surface area (Å²) < 4.78 is 5.15. The molecule has 0 saturated carbocycles. The molecule has 2 heterocycles. The maximum atomic E-state index is 5.15. The first-order chi connectivity index (χ1) is 8.61. The minimum Gasteiger partial charge on any atom is -0.481 e. The lowest BCUT2D eigenvalue weighted by Crippen LogP contribution is -2.42. The van der Waals surface area contributed by atoms with Crippen molar-refractivity contribution in [1.29, 1.82) is 0 Å². The molecule has 5 nitrogen and oxygen atoms in total. The Morgan fingerprint density at radius 2 is 2.33 bits per heavy atom. The van der Waals surface area contributed by atoms with Gasteiger partial charge in [0.25, 0.3) is 0 Å². The van der Waals surface area contributed by atoms with Gasteiger partial charge < -0.3 is 15.4 Å². The number of anilines is 1. The predicted molar refractivity (Wildman–Crippen MR) is 72.0 cm³/mol. The average Bonchev–Trinajstić information content (AvgIpc) is 2.37. The summed E-state index contributed by atoms with van der Waals surface area (Å²) in [6.07, 6.45) is 2.46. The SMILES string of the molecule is COc1cc(C)nc(NCC2(C)CCCNC2)n1. The van der Waals surface area contributed by atoms with Gasteiger partial charge in [-0.05, 0) is 31.7 Å². The van der Waals surface area contributed by atoms with Gasteiger partial charge in [-0.15, -0.1) is 0 Å². The Morgan fingerprint density at radius 1 is 1.50 bits per heavy atom. The molecule has 0 bridgehead atoms. The third-order valence-electron chi connectivity index (χ3n) is 3.40. The summed E-state index contributed by atoms with van der Waals surface area (Å²) in [6, 6.07) is 1.83. The monoisotopic (exact) mass is 250 g/mol. The maximum Gasteiger partial charge on any atom is 0.226 e. The number of aromatic nitrogens is 2. The van der Waals surface area contributed by atoms with Crippen LogP contribution in [0, 0.1) is 12.3 Å². The molecule has 18 heavy (non-hydrogen) atoms. The summed E-state index contributed by atoms with van der Waals surface area (Å²) in [5, 5.41) is 6.77. The molecule has 5 heteroatoms. The van der Waals surface area contributed by atoms with Crippen molar-refractivity contribution in [2.24, 2.45) is 5.41 Å². The second-order valence-electron chi connectivity index (χ2n) is 5.32. The molecule has 0 spiro atoms. The van der Waals surface area contributed by atoms with Crippen LogP contribution in [0.25, 0.3) is 0 Å². The molecule has 0 amide bonds. The highest BCUT2D eigenvalue weighted by Gasteiger charge is 2.26. The van der Waals surface area contributed by atoms with Crippen molar-refractivity contribution in [3.8, 4) is 5.88 Å². The Bertz CT molecular complexity index is 402. The zero-order valence-electron chi connectivity index (χ0n) is 11.4. The van der Waals surface area contributed by atoms with Crippen molar-refractivity contribution >= 4 is 5.95 Å². The van der Waals surface area contributed by atoms with E-state index in [1.54, 1.807) is 7.11 Å². The van der Waals surface area contributed by atoms with Gasteiger partial charge in [-0.3, -0.25) is 0 Å². The molecule has 1 saturated heterocycles. The normalized spacial score (nSPS) is 23.7. The Morgan fingerprint density at radius 3 is 3.00 bits per heavy atom. The van der Waals surface area contributed by atoms with Gasteiger partial charge in [0.1, 0.15) is 0 Å². The zero-order valence-corrected chi connectivity index (χ0v) is 11.4. The summed E-state index contributed by atoms with van der Waals surface area (Å²) in [7, 11) is 1.62. The first-order valence-corrected chi connectivity index (χ1v) is 6.46. The van der Waals surface area contributed by atoms with Crippen LogP contribution >= 0.6 is 0 Å². The lowest BCUT2D eigenvalue weighted by Gasteiger charge is -2.34. The standard InChI is InChI=1S/C13H22N4O/c1-10-7-11(18-3)17-12(16-10)15-9-13(2)5-4-6-14-8-13/h7,14H,4-6,8-9H2,1-3H3,(H,15,16,17). The van der Waals surface area contributed by atoms with E-state index in [-0.39, 0.29) is 5.41 Å². The molecule has 1 unspecified atom stereocenters. The van der Waals surface area contributed by atoms with E-state index in [1.807, 2.05) is 13.0 Å². The van der Waals surface area contributed by atoms with E-state index in [1.165, 1.54) is 12.8 Å². The first kappa shape index (κ1) is 13.1. The fourth-order valence-corrected chi connectivity index (χ4v) is 2.29. The highest BCUT2D eigenvalue weighted by atomic mass is 16.5. The molecule has 1 aliphatic rings. The van der Waals surface area contributed by atoms with E-state index >= 15 is 0 Å². The molecule has 100 valence electrons. The van der Waals surface area contributed by atoms with Crippen LogP contribution in [0.5, 0.6) is 5.88 Å². The average molecular weight is 250 g/mol. The molecule has 0 radical (unpaired) electrons. The molecular weight excluding hydrogens is 228 g/mol. The van der Waals surface area contributed by atoms with Crippen LogP contribution in [0.2, 0.25) is 0 Å². The summed E-state index contributed by atoms with van der Waals surface area (Å²) in [5.74, 6) is 1.26. The van der Waals surface area contributed by atoms with E-state index in [0.717, 1.165) is 25.3 Å². The lowest BCUT2D eigenvalue weighted by atomic mass is 9.83. The molecule has 2 rings (SSSR count). The fourth-order valence-electron chi connectivity index (χ4n) is 2.29. The van der Waals surface area contributed by atoms with Crippen molar-refractivity contribution in [1.82, 2.24) is 15.3 Å². The van der Waals surface area contributed by atoms with Gasteiger partial charge >= 0.3 is 0 Å². The highest BCUT2D eigenvalue weighted by Crippen LogP contribution is 2.25. The minimum absolute atomic E-state index is 0.276. The van der Waals surface area contributed by atoms with E-state index < -0.39 is 0 Å². The quantitative estimate of drug-likeness (QED) is 0.850. The lowest BCUT2D eigenvalue weighted by molar-refractivity contribution is 0.253. The van der Waals surface area contributed by atoms with E-state index in [2.05, 4.69) is 27.5 Å². The summed E-state index contributed by atoms with van der Waals surface area (Å²) in [6.45, 7) is 7.29. The molecule has 1 aromatic rings. The van der Waals surface area contributed by atoms with E-state index in [0.29, 0.717) is 11.8 Å².